The number of anilines is 1. The average molecular weight is 267 g/mol. The number of nitrogens with two attached hydrogens (primary N) is 1. The predicted molar refractivity (Wildman–Crippen MR) is 69.7 cm³/mol. The van der Waals surface area contributed by atoms with Gasteiger partial charge in [0.05, 0.1) is 12.8 Å². The molecule has 0 atom stereocenters. The monoisotopic (exact) mass is 266 g/mol. The summed E-state index contributed by atoms with van der Waals surface area (Å²) in [5.74, 6) is 5.95. The van der Waals surface area contributed by atoms with E-state index in [1.165, 1.54) is 13.2 Å². The van der Waals surface area contributed by atoms with Gasteiger partial charge >= 0.3 is 0 Å². The van der Waals surface area contributed by atoms with Crippen molar-refractivity contribution in [2.45, 2.75) is 0 Å². The van der Waals surface area contributed by atoms with Crippen molar-refractivity contribution in [3.8, 4) is 17.0 Å². The molecule has 0 aliphatic carbocycles. The van der Waals surface area contributed by atoms with Crippen LogP contribution in [0.2, 0.25) is 5.02 Å². The molecule has 18 heavy (non-hydrogen) atoms. The minimum atomic E-state index is -0.354. The van der Waals surface area contributed by atoms with Crippen LogP contribution in [-0.2, 0) is 0 Å². The first-order valence-corrected chi connectivity index (χ1v) is 5.43. The molecular weight excluding hydrogens is 256 g/mol. The highest BCUT2D eigenvalue weighted by Crippen LogP contribution is 2.34. The Morgan fingerprint density at radius 2 is 2.22 bits per heavy atom. The average Bonchev–Trinajstić information content (AvgIpc) is 2.38. The van der Waals surface area contributed by atoms with Gasteiger partial charge < -0.3 is 10.2 Å². The van der Waals surface area contributed by atoms with E-state index in [1.54, 1.807) is 18.2 Å². The fraction of sp³-hybridized carbons (Fsp3) is 0.0909. The summed E-state index contributed by atoms with van der Waals surface area (Å²) < 4.78 is 5.23. The highest BCUT2D eigenvalue weighted by molar-refractivity contribution is 6.31. The molecule has 0 fully saturated rings. The first kappa shape index (κ1) is 12.4. The topological polar surface area (TPSA) is 93.0 Å². The maximum absolute atomic E-state index is 11.2. The molecule has 7 heteroatoms. The normalized spacial score (nSPS) is 10.2. The van der Waals surface area contributed by atoms with Gasteiger partial charge in [-0.3, -0.25) is 10.6 Å². The van der Waals surface area contributed by atoms with E-state index in [0.717, 1.165) is 0 Å². The summed E-state index contributed by atoms with van der Waals surface area (Å²) in [6.45, 7) is 0. The van der Waals surface area contributed by atoms with Crippen molar-refractivity contribution in [2.75, 3.05) is 12.5 Å². The van der Waals surface area contributed by atoms with Crippen LogP contribution in [-0.4, -0.2) is 17.3 Å². The molecule has 1 heterocycles. The number of H-pyrrole nitrogens is 1. The van der Waals surface area contributed by atoms with Crippen LogP contribution in [0.4, 0.5) is 5.69 Å². The van der Waals surface area contributed by atoms with E-state index in [0.29, 0.717) is 27.7 Å². The van der Waals surface area contributed by atoms with Gasteiger partial charge in [0.25, 0.3) is 5.56 Å². The van der Waals surface area contributed by atoms with E-state index in [-0.39, 0.29) is 5.56 Å². The van der Waals surface area contributed by atoms with Crippen molar-refractivity contribution in [1.82, 2.24) is 10.2 Å². The molecule has 0 radical (unpaired) electrons. The van der Waals surface area contributed by atoms with E-state index in [1.807, 2.05) is 0 Å². The number of rotatable bonds is 3. The molecule has 94 valence electrons. The van der Waals surface area contributed by atoms with Gasteiger partial charge in [0.2, 0.25) is 0 Å². The van der Waals surface area contributed by atoms with Crippen LogP contribution in [0.5, 0.6) is 5.75 Å². The van der Waals surface area contributed by atoms with Gasteiger partial charge in [-0.25, -0.2) is 5.10 Å². The zero-order chi connectivity index (χ0) is 13.1. The molecule has 2 aromatic rings. The Balaban J connectivity index is 2.67. The molecule has 0 aliphatic heterocycles. The highest BCUT2D eigenvalue weighted by Gasteiger charge is 2.13. The van der Waals surface area contributed by atoms with E-state index in [4.69, 9.17) is 22.2 Å². The van der Waals surface area contributed by atoms with Crippen LogP contribution in [0, 0.1) is 0 Å². The number of halogens is 1. The number of hydrogen-bond donors (Lipinski definition) is 3. The van der Waals surface area contributed by atoms with Gasteiger partial charge in [0, 0.05) is 16.7 Å². The fourth-order valence-corrected chi connectivity index (χ4v) is 1.76. The van der Waals surface area contributed by atoms with Gasteiger partial charge in [0.1, 0.15) is 11.4 Å². The summed E-state index contributed by atoms with van der Waals surface area (Å²) in [4.78, 5) is 11.2. The zero-order valence-electron chi connectivity index (χ0n) is 9.53. The lowest BCUT2D eigenvalue weighted by atomic mass is 10.1. The number of ether oxygens (including phenoxy) is 1. The molecule has 6 nitrogen and oxygen atoms in total. The van der Waals surface area contributed by atoms with Gasteiger partial charge in [-0.05, 0) is 18.2 Å². The number of hydrogen-bond acceptors (Lipinski definition) is 5. The smallest absolute Gasteiger partial charge is 0.266 e. The maximum Gasteiger partial charge on any atom is 0.266 e. The van der Waals surface area contributed by atoms with Gasteiger partial charge in [0.15, 0.2) is 0 Å². The van der Waals surface area contributed by atoms with Crippen LogP contribution >= 0.6 is 11.6 Å². The van der Waals surface area contributed by atoms with Crippen LogP contribution in [0.15, 0.2) is 29.1 Å². The summed E-state index contributed by atoms with van der Waals surface area (Å²) in [5, 5.41) is 6.82. The maximum atomic E-state index is 11.2. The summed E-state index contributed by atoms with van der Waals surface area (Å²) in [7, 11) is 1.54. The molecule has 1 aromatic carbocycles. The summed E-state index contributed by atoms with van der Waals surface area (Å²) >= 11 is 5.94. The number of hydrazine groups is 1. The standard InChI is InChI=1S/C11H11ClN4O2/c1-18-9-3-2-6(12)4-7(9)11-8(14-13)5-10(17)15-16-11/h2-5H,13H2,1H3,(H2,14,15,17). The third-order valence-electron chi connectivity index (χ3n) is 2.38. The van der Waals surface area contributed by atoms with Crippen molar-refractivity contribution in [3.63, 3.8) is 0 Å². The second-order valence-electron chi connectivity index (χ2n) is 3.48. The summed E-state index contributed by atoms with van der Waals surface area (Å²) in [6, 6.07) is 6.40. The lowest BCUT2D eigenvalue weighted by Crippen LogP contribution is -2.15. The number of aromatic nitrogens is 2. The molecule has 0 amide bonds. The Morgan fingerprint density at radius 1 is 1.44 bits per heavy atom. The quantitative estimate of drug-likeness (QED) is 0.577. The first-order valence-electron chi connectivity index (χ1n) is 5.06. The van der Waals surface area contributed by atoms with E-state index in [9.17, 15) is 4.79 Å². The predicted octanol–water partition coefficient (Wildman–Crippen LogP) is 1.38. The fourth-order valence-electron chi connectivity index (χ4n) is 1.58. The lowest BCUT2D eigenvalue weighted by molar-refractivity contribution is 0.416. The number of aromatic amines is 1. The molecular formula is C11H11ClN4O2. The van der Waals surface area contributed by atoms with E-state index in [2.05, 4.69) is 15.6 Å². The Kier molecular flexibility index (Phi) is 3.50. The molecule has 0 spiro atoms. The Labute approximate surface area is 108 Å². The number of nitrogens with one attached hydrogen (secondary N) is 2. The minimum absolute atomic E-state index is 0.354. The summed E-state index contributed by atoms with van der Waals surface area (Å²) in [6.07, 6.45) is 0. The first-order chi connectivity index (χ1) is 8.65. The van der Waals surface area contributed by atoms with Crippen molar-refractivity contribution in [3.05, 3.63) is 39.6 Å². The molecule has 4 N–H and O–H groups in total. The van der Waals surface area contributed by atoms with E-state index >= 15 is 0 Å². The highest BCUT2D eigenvalue weighted by atomic mass is 35.5. The number of benzene rings is 1. The second-order valence-corrected chi connectivity index (χ2v) is 3.92. The van der Waals surface area contributed by atoms with Crippen LogP contribution in [0.3, 0.4) is 0 Å². The number of nitrogen functional groups attached to an aromatic ring is 1. The van der Waals surface area contributed by atoms with Crippen molar-refractivity contribution in [2.24, 2.45) is 5.84 Å². The van der Waals surface area contributed by atoms with Crippen LogP contribution in [0.1, 0.15) is 0 Å². The SMILES string of the molecule is COc1ccc(Cl)cc1-c1n[nH]c(=O)cc1NN. The Bertz CT molecular complexity index is 627. The molecule has 0 unspecified atom stereocenters. The summed E-state index contributed by atoms with van der Waals surface area (Å²) in [5.41, 5.74) is 3.55. The lowest BCUT2D eigenvalue weighted by Gasteiger charge is -2.11. The van der Waals surface area contributed by atoms with Crippen molar-refractivity contribution in [1.29, 1.82) is 0 Å². The van der Waals surface area contributed by atoms with Crippen molar-refractivity contribution < 1.29 is 4.74 Å². The molecule has 0 bridgehead atoms. The molecule has 0 aliphatic rings. The van der Waals surface area contributed by atoms with Gasteiger partial charge in [-0.1, -0.05) is 11.6 Å². The molecule has 0 saturated heterocycles. The van der Waals surface area contributed by atoms with Crippen LogP contribution < -0.4 is 21.6 Å². The zero-order valence-corrected chi connectivity index (χ0v) is 10.3. The largest absolute Gasteiger partial charge is 0.496 e. The van der Waals surface area contributed by atoms with E-state index < -0.39 is 0 Å². The van der Waals surface area contributed by atoms with Gasteiger partial charge in [-0.15, -0.1) is 0 Å². The third kappa shape index (κ3) is 2.29. The Morgan fingerprint density at radius 3 is 2.89 bits per heavy atom. The number of nitrogens with zero attached hydrogens (tertiary/aromatic N) is 1. The molecule has 0 saturated carbocycles. The molecule has 1 aromatic heterocycles. The molecule has 2 rings (SSSR count). The van der Waals surface area contributed by atoms with Crippen LogP contribution in [0.25, 0.3) is 11.3 Å². The van der Waals surface area contributed by atoms with Crippen molar-refractivity contribution >= 4 is 17.3 Å². The third-order valence-corrected chi connectivity index (χ3v) is 2.62. The Hall–Kier alpha value is -2.05. The van der Waals surface area contributed by atoms with Gasteiger partial charge in [-0.2, -0.15) is 5.10 Å². The number of methoxy groups -OCH3 is 1. The minimum Gasteiger partial charge on any atom is -0.496 e. The second kappa shape index (κ2) is 5.07.